The average molecular weight is 391 g/mol. The monoisotopic (exact) mass is 391 g/mol. The SMILES string of the molecule is O=C(CO)Nc1cnc2ccc(N3CC(F)(F)C[C@@H]3c3cccc(F)c3)nn12. The van der Waals surface area contributed by atoms with E-state index >= 15 is 0 Å². The third-order valence-electron chi connectivity index (χ3n) is 4.56. The van der Waals surface area contributed by atoms with E-state index in [1.807, 2.05) is 0 Å². The average Bonchev–Trinajstić information content (AvgIpc) is 3.21. The summed E-state index contributed by atoms with van der Waals surface area (Å²) in [5.74, 6) is -3.68. The molecule has 146 valence electrons. The molecule has 0 spiro atoms. The van der Waals surface area contributed by atoms with Gasteiger partial charge in [0.25, 0.3) is 11.8 Å². The van der Waals surface area contributed by atoms with Crippen LogP contribution in [0.25, 0.3) is 5.65 Å². The largest absolute Gasteiger partial charge is 0.387 e. The molecule has 1 fully saturated rings. The van der Waals surface area contributed by atoms with E-state index in [2.05, 4.69) is 15.4 Å². The highest BCUT2D eigenvalue weighted by Gasteiger charge is 2.46. The molecule has 0 radical (unpaired) electrons. The molecule has 4 rings (SSSR count). The molecule has 1 saturated heterocycles. The number of imidazole rings is 1. The van der Waals surface area contributed by atoms with E-state index in [0.29, 0.717) is 11.2 Å². The zero-order valence-electron chi connectivity index (χ0n) is 14.5. The summed E-state index contributed by atoms with van der Waals surface area (Å²) in [6.07, 6.45) is 0.885. The molecule has 7 nitrogen and oxygen atoms in total. The predicted octanol–water partition coefficient (Wildman–Crippen LogP) is 2.39. The van der Waals surface area contributed by atoms with Gasteiger partial charge in [0.05, 0.1) is 18.8 Å². The Balaban J connectivity index is 1.74. The number of benzene rings is 1. The van der Waals surface area contributed by atoms with Crippen LogP contribution in [0.3, 0.4) is 0 Å². The van der Waals surface area contributed by atoms with Crippen molar-refractivity contribution in [3.05, 3.63) is 54.0 Å². The lowest BCUT2D eigenvalue weighted by Crippen LogP contribution is -2.28. The lowest BCUT2D eigenvalue weighted by atomic mass is 10.0. The summed E-state index contributed by atoms with van der Waals surface area (Å²) in [5.41, 5.74) is 0.823. The second kappa shape index (κ2) is 6.79. The Bertz CT molecular complexity index is 1040. The standard InChI is InChI=1S/C18H16F3N5O2/c19-12-3-1-2-11(6-12)13-7-18(20,21)10-25(13)15-5-4-14-22-8-16(26(14)24-15)23-17(28)9-27/h1-6,8,13,27H,7,9-10H2,(H,23,28)/t13-/m1/s1. The van der Waals surface area contributed by atoms with Crippen molar-refractivity contribution >= 4 is 23.2 Å². The van der Waals surface area contributed by atoms with Gasteiger partial charge in [-0.3, -0.25) is 4.79 Å². The number of aliphatic hydroxyl groups excluding tert-OH is 1. The maximum atomic E-state index is 14.2. The molecular weight excluding hydrogens is 375 g/mol. The van der Waals surface area contributed by atoms with E-state index in [4.69, 9.17) is 5.11 Å². The first kappa shape index (κ1) is 18.2. The molecule has 2 N–H and O–H groups in total. The number of amides is 1. The summed E-state index contributed by atoms with van der Waals surface area (Å²) in [6.45, 7) is -1.29. The van der Waals surface area contributed by atoms with Crippen LogP contribution in [0.2, 0.25) is 0 Å². The Labute approximate surface area is 157 Å². The number of aromatic nitrogens is 3. The number of aliphatic hydroxyl groups is 1. The summed E-state index contributed by atoms with van der Waals surface area (Å²) in [7, 11) is 0. The van der Waals surface area contributed by atoms with E-state index in [9.17, 15) is 18.0 Å². The molecule has 3 aromatic rings. The molecule has 3 heterocycles. The van der Waals surface area contributed by atoms with Gasteiger partial charge >= 0.3 is 0 Å². The Morgan fingerprint density at radius 1 is 1.32 bits per heavy atom. The molecule has 1 atom stereocenters. The highest BCUT2D eigenvalue weighted by molar-refractivity contribution is 5.90. The van der Waals surface area contributed by atoms with Crippen molar-refractivity contribution in [1.29, 1.82) is 0 Å². The molecule has 0 saturated carbocycles. The van der Waals surface area contributed by atoms with Crippen molar-refractivity contribution in [3.63, 3.8) is 0 Å². The van der Waals surface area contributed by atoms with Gasteiger partial charge in [0.2, 0.25) is 0 Å². The van der Waals surface area contributed by atoms with Gasteiger partial charge in [-0.25, -0.2) is 18.2 Å². The number of hydrogen-bond acceptors (Lipinski definition) is 5. The molecule has 10 heteroatoms. The highest BCUT2D eigenvalue weighted by Crippen LogP contribution is 2.43. The van der Waals surface area contributed by atoms with Gasteiger partial charge in [-0.1, -0.05) is 12.1 Å². The number of halogens is 3. The minimum atomic E-state index is -2.96. The fourth-order valence-corrected chi connectivity index (χ4v) is 3.35. The highest BCUT2D eigenvalue weighted by atomic mass is 19.3. The van der Waals surface area contributed by atoms with Crippen molar-refractivity contribution in [2.24, 2.45) is 0 Å². The van der Waals surface area contributed by atoms with Crippen molar-refractivity contribution < 1.29 is 23.1 Å². The van der Waals surface area contributed by atoms with Crippen LogP contribution in [-0.4, -0.2) is 44.7 Å². The maximum Gasteiger partial charge on any atom is 0.267 e. The maximum absolute atomic E-state index is 14.2. The summed E-state index contributed by atoms with van der Waals surface area (Å²) in [6, 6.07) is 7.95. The third-order valence-corrected chi connectivity index (χ3v) is 4.56. The number of nitrogens with zero attached hydrogens (tertiary/aromatic N) is 4. The molecule has 1 amide bonds. The lowest BCUT2D eigenvalue weighted by molar-refractivity contribution is -0.118. The van der Waals surface area contributed by atoms with Crippen LogP contribution in [-0.2, 0) is 4.79 Å². The minimum Gasteiger partial charge on any atom is -0.387 e. The van der Waals surface area contributed by atoms with Gasteiger partial charge in [0, 0.05) is 6.42 Å². The summed E-state index contributed by atoms with van der Waals surface area (Å²) >= 11 is 0. The van der Waals surface area contributed by atoms with Crippen LogP contribution >= 0.6 is 0 Å². The molecule has 0 unspecified atom stereocenters. The number of alkyl halides is 2. The molecule has 2 aromatic heterocycles. The number of fused-ring (bicyclic) bond motifs is 1. The minimum absolute atomic E-state index is 0.198. The van der Waals surface area contributed by atoms with Crippen LogP contribution in [0, 0.1) is 5.82 Å². The van der Waals surface area contributed by atoms with Crippen LogP contribution in [0.1, 0.15) is 18.0 Å². The van der Waals surface area contributed by atoms with Crippen molar-refractivity contribution in [2.45, 2.75) is 18.4 Å². The van der Waals surface area contributed by atoms with E-state index in [1.165, 1.54) is 33.8 Å². The predicted molar refractivity (Wildman–Crippen MR) is 94.8 cm³/mol. The van der Waals surface area contributed by atoms with E-state index < -0.39 is 43.3 Å². The van der Waals surface area contributed by atoms with E-state index in [-0.39, 0.29) is 11.6 Å². The Morgan fingerprint density at radius 3 is 2.89 bits per heavy atom. The van der Waals surface area contributed by atoms with E-state index in [0.717, 1.165) is 0 Å². The fourth-order valence-electron chi connectivity index (χ4n) is 3.35. The number of hydrogen-bond donors (Lipinski definition) is 2. The molecule has 1 aliphatic rings. The first-order valence-corrected chi connectivity index (χ1v) is 8.52. The van der Waals surface area contributed by atoms with Gasteiger partial charge in [-0.2, -0.15) is 4.52 Å². The summed E-state index contributed by atoms with van der Waals surface area (Å²) in [5, 5.41) is 15.6. The Kier molecular flexibility index (Phi) is 4.42. The third kappa shape index (κ3) is 3.38. The second-order valence-corrected chi connectivity index (χ2v) is 6.57. The van der Waals surface area contributed by atoms with Gasteiger partial charge in [-0.15, -0.1) is 5.10 Å². The molecule has 0 aliphatic carbocycles. The number of anilines is 2. The van der Waals surface area contributed by atoms with Gasteiger partial charge in [-0.05, 0) is 29.8 Å². The number of carbonyl (C=O) groups excluding carboxylic acids is 1. The lowest BCUT2D eigenvalue weighted by Gasteiger charge is -2.25. The zero-order valence-corrected chi connectivity index (χ0v) is 14.5. The second-order valence-electron chi connectivity index (χ2n) is 6.57. The van der Waals surface area contributed by atoms with E-state index in [1.54, 1.807) is 18.2 Å². The zero-order chi connectivity index (χ0) is 19.9. The number of nitrogens with one attached hydrogen (secondary N) is 1. The molecule has 1 aliphatic heterocycles. The van der Waals surface area contributed by atoms with Gasteiger partial charge in [0.1, 0.15) is 18.2 Å². The van der Waals surface area contributed by atoms with Crippen LogP contribution < -0.4 is 10.2 Å². The topological polar surface area (TPSA) is 82.8 Å². The normalized spacial score (nSPS) is 18.6. The number of rotatable bonds is 4. The van der Waals surface area contributed by atoms with Crippen LogP contribution in [0.5, 0.6) is 0 Å². The smallest absolute Gasteiger partial charge is 0.267 e. The Morgan fingerprint density at radius 2 is 2.14 bits per heavy atom. The van der Waals surface area contributed by atoms with Crippen molar-refractivity contribution in [2.75, 3.05) is 23.4 Å². The van der Waals surface area contributed by atoms with Gasteiger partial charge in [0.15, 0.2) is 11.5 Å². The summed E-state index contributed by atoms with van der Waals surface area (Å²) in [4.78, 5) is 16.9. The summed E-state index contributed by atoms with van der Waals surface area (Å²) < 4.78 is 43.3. The van der Waals surface area contributed by atoms with Gasteiger partial charge < -0.3 is 15.3 Å². The number of carbonyl (C=O) groups is 1. The first-order chi connectivity index (χ1) is 13.4. The fraction of sp³-hybridized carbons (Fsp3) is 0.278. The van der Waals surface area contributed by atoms with Crippen LogP contribution in [0.15, 0.2) is 42.6 Å². The van der Waals surface area contributed by atoms with Crippen molar-refractivity contribution in [1.82, 2.24) is 14.6 Å². The Hall–Kier alpha value is -3.14. The quantitative estimate of drug-likeness (QED) is 0.714. The molecular formula is C18H16F3N5O2. The van der Waals surface area contributed by atoms with Crippen LogP contribution in [0.4, 0.5) is 24.8 Å². The van der Waals surface area contributed by atoms with Crippen molar-refractivity contribution in [3.8, 4) is 0 Å². The molecule has 1 aromatic carbocycles. The first-order valence-electron chi connectivity index (χ1n) is 8.52. The molecule has 28 heavy (non-hydrogen) atoms. The molecule has 0 bridgehead atoms.